The van der Waals surface area contributed by atoms with E-state index in [1.54, 1.807) is 6.08 Å². The Morgan fingerprint density at radius 1 is 1.23 bits per heavy atom. The van der Waals surface area contributed by atoms with Crippen LogP contribution < -0.4 is 4.90 Å². The van der Waals surface area contributed by atoms with Crippen molar-refractivity contribution in [1.29, 1.82) is 0 Å². The first-order valence-corrected chi connectivity index (χ1v) is 12.7. The van der Waals surface area contributed by atoms with Gasteiger partial charge in [-0.2, -0.15) is 0 Å². The number of hydrogen-bond acceptors (Lipinski definition) is 6. The lowest BCUT2D eigenvalue weighted by Gasteiger charge is -2.41. The molecule has 1 aromatic rings. The van der Waals surface area contributed by atoms with Crippen LogP contribution in [-0.4, -0.2) is 66.8 Å². The Morgan fingerprint density at radius 3 is 2.77 bits per heavy atom. The molecule has 170 valence electrons. The van der Waals surface area contributed by atoms with Gasteiger partial charge in [0.15, 0.2) is 0 Å². The minimum absolute atomic E-state index is 0.157. The van der Waals surface area contributed by atoms with Crippen molar-refractivity contribution in [3.05, 3.63) is 58.7 Å². The fraction of sp³-hybridized carbons (Fsp3) is 0.542. The molecule has 2 unspecified atom stereocenters. The number of piperazine rings is 1. The second kappa shape index (κ2) is 12.8. The third kappa shape index (κ3) is 7.75. The van der Waals surface area contributed by atoms with Gasteiger partial charge in [-0.25, -0.2) is 4.31 Å². The molecule has 2 atom stereocenters. The third-order valence-electron chi connectivity index (χ3n) is 5.99. The van der Waals surface area contributed by atoms with E-state index < -0.39 is 0 Å². The molecular formula is C24H35BrN4OS. The summed E-state index contributed by atoms with van der Waals surface area (Å²) in [6.45, 7) is 12.3. The second-order valence-corrected chi connectivity index (χ2v) is 10.4. The van der Waals surface area contributed by atoms with Crippen molar-refractivity contribution >= 4 is 33.6 Å². The van der Waals surface area contributed by atoms with Gasteiger partial charge in [0.05, 0.1) is 0 Å². The summed E-state index contributed by atoms with van der Waals surface area (Å²) >= 11 is 5.29. The first kappa shape index (κ1) is 24.5. The molecule has 2 saturated heterocycles. The Labute approximate surface area is 200 Å². The molecule has 0 saturated carbocycles. The smallest absolute Gasteiger partial charge is 0.124 e. The number of ether oxygens (including phenoxy) is 1. The fourth-order valence-corrected chi connectivity index (χ4v) is 5.32. The van der Waals surface area contributed by atoms with Crippen molar-refractivity contribution in [3.63, 3.8) is 0 Å². The van der Waals surface area contributed by atoms with Gasteiger partial charge in [0.1, 0.15) is 6.23 Å². The predicted octanol–water partition coefficient (Wildman–Crippen LogP) is 5.30. The van der Waals surface area contributed by atoms with Crippen LogP contribution in [0.15, 0.2) is 58.7 Å². The Bertz CT molecular complexity index is 757. The summed E-state index contributed by atoms with van der Waals surface area (Å²) in [5, 5.41) is 0. The number of nitrogens with zero attached hydrogens (tertiary/aromatic N) is 4. The Kier molecular flexibility index (Phi) is 10.1. The van der Waals surface area contributed by atoms with Crippen molar-refractivity contribution in [2.75, 3.05) is 51.3 Å². The van der Waals surface area contributed by atoms with E-state index >= 15 is 0 Å². The zero-order valence-electron chi connectivity index (χ0n) is 18.8. The van der Waals surface area contributed by atoms with Crippen LogP contribution in [-0.2, 0) is 4.74 Å². The highest BCUT2D eigenvalue weighted by Crippen LogP contribution is 2.28. The molecule has 0 aliphatic carbocycles. The molecule has 3 rings (SSSR count). The minimum atomic E-state index is 0.157. The normalized spacial score (nSPS) is 24.8. The molecule has 0 bridgehead atoms. The maximum Gasteiger partial charge on any atom is 0.124 e. The molecule has 2 fully saturated rings. The van der Waals surface area contributed by atoms with E-state index in [9.17, 15) is 0 Å². The summed E-state index contributed by atoms with van der Waals surface area (Å²) in [4.78, 5) is 10.5. The minimum Gasteiger partial charge on any atom is -0.371 e. The number of rotatable bonds is 8. The highest BCUT2D eigenvalue weighted by molar-refractivity contribution is 9.11. The maximum atomic E-state index is 5.90. The summed E-state index contributed by atoms with van der Waals surface area (Å²) in [6.07, 6.45) is 13.7. The highest BCUT2D eigenvalue weighted by atomic mass is 79.9. The number of pyridine rings is 1. The zero-order valence-corrected chi connectivity index (χ0v) is 21.2. The summed E-state index contributed by atoms with van der Waals surface area (Å²) in [5.74, 6) is 0.728. The molecule has 7 heteroatoms. The number of anilines is 1. The Hall–Kier alpha value is -1.12. The SMILES string of the molecule is C=C/C(Br)=C\C=C(/C)SN1CCN(CC2CCCN(c3ccncc3)CC2)C(OC)C1. The van der Waals surface area contributed by atoms with Gasteiger partial charge < -0.3 is 9.64 Å². The zero-order chi connectivity index (χ0) is 22.1. The number of allylic oxidation sites excluding steroid dienone is 5. The van der Waals surface area contributed by atoms with Crippen molar-refractivity contribution < 1.29 is 4.74 Å². The van der Waals surface area contributed by atoms with E-state index in [0.29, 0.717) is 0 Å². The van der Waals surface area contributed by atoms with E-state index in [1.807, 2.05) is 37.5 Å². The van der Waals surface area contributed by atoms with E-state index in [2.05, 4.69) is 66.7 Å². The summed E-state index contributed by atoms with van der Waals surface area (Å²) in [7, 11) is 1.84. The predicted molar refractivity (Wildman–Crippen MR) is 136 cm³/mol. The standard InChI is InChI=1S/C24H35BrN4OS/c1-4-22(25)8-7-20(2)31-29-17-16-28(24(19-29)30-3)18-21-6-5-14-27(15-11-21)23-9-12-26-13-10-23/h4,7-10,12-13,21,24H,1,5-6,11,14-19H2,2-3H3/b20-7+,22-8+. The van der Waals surface area contributed by atoms with Crippen LogP contribution in [0.5, 0.6) is 0 Å². The van der Waals surface area contributed by atoms with Gasteiger partial charge in [-0.05, 0) is 67.2 Å². The van der Waals surface area contributed by atoms with Gasteiger partial charge in [-0.3, -0.25) is 9.88 Å². The van der Waals surface area contributed by atoms with Crippen molar-refractivity contribution in [2.45, 2.75) is 32.4 Å². The summed E-state index contributed by atoms with van der Waals surface area (Å²) < 4.78 is 9.31. The van der Waals surface area contributed by atoms with Gasteiger partial charge in [-0.15, -0.1) is 0 Å². The maximum absolute atomic E-state index is 5.90. The first-order chi connectivity index (χ1) is 15.1. The second-order valence-electron chi connectivity index (χ2n) is 8.19. The lowest BCUT2D eigenvalue weighted by molar-refractivity contribution is -0.0689. The van der Waals surface area contributed by atoms with Crippen LogP contribution in [0.2, 0.25) is 0 Å². The van der Waals surface area contributed by atoms with E-state index in [1.165, 1.54) is 29.9 Å². The third-order valence-corrected chi connectivity index (χ3v) is 7.59. The first-order valence-electron chi connectivity index (χ1n) is 11.1. The molecule has 31 heavy (non-hydrogen) atoms. The van der Waals surface area contributed by atoms with E-state index in [-0.39, 0.29) is 6.23 Å². The van der Waals surface area contributed by atoms with Crippen LogP contribution in [0.3, 0.4) is 0 Å². The van der Waals surface area contributed by atoms with Crippen molar-refractivity contribution in [3.8, 4) is 0 Å². The molecule has 0 amide bonds. The van der Waals surface area contributed by atoms with Crippen LogP contribution >= 0.6 is 27.9 Å². The van der Waals surface area contributed by atoms with Gasteiger partial charge in [0, 0.05) is 68.9 Å². The van der Waals surface area contributed by atoms with Gasteiger partial charge in [0.25, 0.3) is 0 Å². The topological polar surface area (TPSA) is 31.8 Å². The molecule has 0 spiro atoms. The van der Waals surface area contributed by atoms with Crippen LogP contribution in [0.4, 0.5) is 5.69 Å². The number of methoxy groups -OCH3 is 1. The van der Waals surface area contributed by atoms with Crippen molar-refractivity contribution in [2.24, 2.45) is 5.92 Å². The molecule has 0 radical (unpaired) electrons. The molecule has 5 nitrogen and oxygen atoms in total. The number of hydrogen-bond donors (Lipinski definition) is 0. The summed E-state index contributed by atoms with van der Waals surface area (Å²) in [5.41, 5.74) is 1.30. The average Bonchev–Trinajstić information content (AvgIpc) is 3.04. The molecule has 0 N–H and O–H groups in total. The van der Waals surface area contributed by atoms with Crippen LogP contribution in [0.1, 0.15) is 26.2 Å². The molecular weight excluding hydrogens is 472 g/mol. The molecule has 2 aliphatic heterocycles. The summed E-state index contributed by atoms with van der Waals surface area (Å²) in [6, 6.07) is 4.25. The molecule has 1 aromatic heterocycles. The van der Waals surface area contributed by atoms with E-state index in [0.717, 1.165) is 49.7 Å². The molecule has 2 aliphatic rings. The largest absolute Gasteiger partial charge is 0.371 e. The molecule has 0 aromatic carbocycles. The Balaban J connectivity index is 1.49. The number of halogens is 1. The Morgan fingerprint density at radius 2 is 2.03 bits per heavy atom. The quantitative estimate of drug-likeness (QED) is 0.351. The average molecular weight is 508 g/mol. The van der Waals surface area contributed by atoms with Gasteiger partial charge in [0.2, 0.25) is 0 Å². The van der Waals surface area contributed by atoms with Gasteiger partial charge >= 0.3 is 0 Å². The van der Waals surface area contributed by atoms with E-state index in [4.69, 9.17) is 4.74 Å². The highest BCUT2D eigenvalue weighted by Gasteiger charge is 2.30. The molecule has 3 heterocycles. The van der Waals surface area contributed by atoms with Crippen LogP contribution in [0.25, 0.3) is 0 Å². The lowest BCUT2D eigenvalue weighted by atomic mass is 9.99. The van der Waals surface area contributed by atoms with Crippen LogP contribution in [0, 0.1) is 5.92 Å². The van der Waals surface area contributed by atoms with Crippen molar-refractivity contribution in [1.82, 2.24) is 14.2 Å². The fourth-order valence-electron chi connectivity index (χ4n) is 4.27. The van der Waals surface area contributed by atoms with Gasteiger partial charge in [-0.1, -0.05) is 34.7 Å². The monoisotopic (exact) mass is 506 g/mol. The lowest BCUT2D eigenvalue weighted by Crippen LogP contribution is -2.53. The number of aromatic nitrogens is 1.